The summed E-state index contributed by atoms with van der Waals surface area (Å²) in [4.78, 5) is 12.2. The molecule has 1 aromatic heterocycles. The number of hydrogen-bond donors (Lipinski definition) is 1. The van der Waals surface area contributed by atoms with E-state index < -0.39 is 0 Å². The number of halogens is 2. The molecule has 0 radical (unpaired) electrons. The van der Waals surface area contributed by atoms with Crippen molar-refractivity contribution in [3.05, 3.63) is 70.1 Å². The highest BCUT2D eigenvalue weighted by atomic mass is 79.9. The van der Waals surface area contributed by atoms with Crippen LogP contribution in [0.3, 0.4) is 0 Å². The summed E-state index contributed by atoms with van der Waals surface area (Å²) in [6.45, 7) is 0.294. The average Bonchev–Trinajstić information content (AvgIpc) is 2.85. The van der Waals surface area contributed by atoms with Gasteiger partial charge in [0.2, 0.25) is 5.91 Å². The van der Waals surface area contributed by atoms with Crippen LogP contribution in [0.5, 0.6) is 0 Å². The molecular weight excluding hydrogens is 359 g/mol. The van der Waals surface area contributed by atoms with Crippen molar-refractivity contribution in [2.45, 2.75) is 13.0 Å². The fraction of sp³-hybridized carbons (Fsp3) is 0.167. The minimum Gasteiger partial charge on any atom is -0.352 e. The van der Waals surface area contributed by atoms with E-state index in [4.69, 9.17) is 0 Å². The van der Waals surface area contributed by atoms with Crippen molar-refractivity contribution in [1.82, 2.24) is 9.88 Å². The van der Waals surface area contributed by atoms with Gasteiger partial charge < -0.3 is 9.88 Å². The first-order valence-corrected chi connectivity index (χ1v) is 8.07. The standard InChI is InChI=1S/C18H16BrFN2O/c1-22-11-13(15-4-2-3-5-17(15)22)9-18(23)21-10-12-8-14(20)6-7-16(12)19/h2-8,11H,9-10H2,1H3,(H,21,23). The average molecular weight is 375 g/mol. The van der Waals surface area contributed by atoms with Crippen LogP contribution in [-0.2, 0) is 24.8 Å². The molecule has 0 saturated heterocycles. The van der Waals surface area contributed by atoms with Gasteiger partial charge in [0.1, 0.15) is 5.82 Å². The minimum absolute atomic E-state index is 0.0856. The van der Waals surface area contributed by atoms with Crippen molar-refractivity contribution in [2.24, 2.45) is 7.05 Å². The van der Waals surface area contributed by atoms with Crippen LogP contribution >= 0.6 is 15.9 Å². The molecule has 2 aromatic carbocycles. The molecule has 3 rings (SSSR count). The number of rotatable bonds is 4. The fourth-order valence-electron chi connectivity index (χ4n) is 2.67. The first-order chi connectivity index (χ1) is 11.0. The highest BCUT2D eigenvalue weighted by molar-refractivity contribution is 9.10. The third-order valence-corrected chi connectivity index (χ3v) is 4.59. The van der Waals surface area contributed by atoms with Crippen LogP contribution in [0.1, 0.15) is 11.1 Å². The quantitative estimate of drug-likeness (QED) is 0.737. The molecular formula is C18H16BrFN2O. The summed E-state index contributed by atoms with van der Waals surface area (Å²) in [6.07, 6.45) is 2.27. The molecule has 5 heteroatoms. The zero-order valence-corrected chi connectivity index (χ0v) is 14.2. The Morgan fingerprint density at radius 3 is 2.83 bits per heavy atom. The van der Waals surface area contributed by atoms with Gasteiger partial charge in [0, 0.05) is 35.2 Å². The van der Waals surface area contributed by atoms with E-state index in [2.05, 4.69) is 21.2 Å². The maximum atomic E-state index is 13.3. The topological polar surface area (TPSA) is 34.0 Å². The lowest BCUT2D eigenvalue weighted by Gasteiger charge is -2.07. The van der Waals surface area contributed by atoms with Gasteiger partial charge in [-0.05, 0) is 35.4 Å². The van der Waals surface area contributed by atoms with Crippen LogP contribution in [0, 0.1) is 5.82 Å². The summed E-state index contributed by atoms with van der Waals surface area (Å²) in [5, 5.41) is 3.93. The third-order valence-electron chi connectivity index (χ3n) is 3.81. The van der Waals surface area contributed by atoms with Crippen molar-refractivity contribution < 1.29 is 9.18 Å². The van der Waals surface area contributed by atoms with Crippen LogP contribution in [0.2, 0.25) is 0 Å². The summed E-state index contributed by atoms with van der Waals surface area (Å²) in [6, 6.07) is 12.4. The Morgan fingerprint density at radius 1 is 1.22 bits per heavy atom. The van der Waals surface area contributed by atoms with Gasteiger partial charge in [0.05, 0.1) is 6.42 Å². The molecule has 0 aliphatic heterocycles. The van der Waals surface area contributed by atoms with E-state index in [1.165, 1.54) is 12.1 Å². The molecule has 0 spiro atoms. The molecule has 1 N–H and O–H groups in total. The van der Waals surface area contributed by atoms with E-state index in [1.54, 1.807) is 6.07 Å². The summed E-state index contributed by atoms with van der Waals surface area (Å²) in [7, 11) is 1.97. The molecule has 1 amide bonds. The van der Waals surface area contributed by atoms with Crippen molar-refractivity contribution in [3.63, 3.8) is 0 Å². The number of carbonyl (C=O) groups is 1. The largest absolute Gasteiger partial charge is 0.352 e. The van der Waals surface area contributed by atoms with Crippen LogP contribution < -0.4 is 5.32 Å². The third kappa shape index (κ3) is 3.45. The molecule has 1 heterocycles. The van der Waals surface area contributed by atoms with Crippen LogP contribution in [0.15, 0.2) is 53.1 Å². The number of aryl methyl sites for hydroxylation is 1. The molecule has 118 valence electrons. The fourth-order valence-corrected chi connectivity index (χ4v) is 3.06. The molecule has 0 fully saturated rings. The molecule has 0 atom stereocenters. The molecule has 0 saturated carbocycles. The van der Waals surface area contributed by atoms with Gasteiger partial charge in [0.15, 0.2) is 0 Å². The maximum Gasteiger partial charge on any atom is 0.224 e. The number of amides is 1. The Hall–Kier alpha value is -2.14. The van der Waals surface area contributed by atoms with Gasteiger partial charge in [-0.1, -0.05) is 34.1 Å². The van der Waals surface area contributed by atoms with Crippen molar-refractivity contribution in [2.75, 3.05) is 0 Å². The lowest BCUT2D eigenvalue weighted by molar-refractivity contribution is -0.120. The van der Waals surface area contributed by atoms with Gasteiger partial charge in [-0.25, -0.2) is 4.39 Å². The predicted molar refractivity (Wildman–Crippen MR) is 92.6 cm³/mol. The predicted octanol–water partition coefficient (Wildman–Crippen LogP) is 3.94. The molecule has 0 aliphatic carbocycles. The molecule has 0 bridgehead atoms. The lowest BCUT2D eigenvalue weighted by atomic mass is 10.1. The number of nitrogens with one attached hydrogen (secondary N) is 1. The molecule has 3 aromatic rings. The summed E-state index contributed by atoms with van der Waals surface area (Å²) in [5.74, 6) is -0.399. The Labute approximate surface area is 142 Å². The Morgan fingerprint density at radius 2 is 2.00 bits per heavy atom. The summed E-state index contributed by atoms with van der Waals surface area (Å²) >= 11 is 3.36. The number of carbonyl (C=O) groups excluding carboxylic acids is 1. The molecule has 0 aliphatic rings. The van der Waals surface area contributed by atoms with Crippen LogP contribution in [-0.4, -0.2) is 10.5 Å². The molecule has 3 nitrogen and oxygen atoms in total. The van der Waals surface area contributed by atoms with E-state index in [0.29, 0.717) is 13.0 Å². The SMILES string of the molecule is Cn1cc(CC(=O)NCc2cc(F)ccc2Br)c2ccccc21. The van der Waals surface area contributed by atoms with Crippen molar-refractivity contribution in [3.8, 4) is 0 Å². The number of benzene rings is 2. The summed E-state index contributed by atoms with van der Waals surface area (Å²) in [5.41, 5.74) is 2.80. The zero-order chi connectivity index (χ0) is 16.4. The van der Waals surface area contributed by atoms with Gasteiger partial charge >= 0.3 is 0 Å². The highest BCUT2D eigenvalue weighted by Gasteiger charge is 2.11. The van der Waals surface area contributed by atoms with Gasteiger partial charge in [-0.15, -0.1) is 0 Å². The monoisotopic (exact) mass is 374 g/mol. The number of nitrogens with zero attached hydrogens (tertiary/aromatic N) is 1. The first-order valence-electron chi connectivity index (χ1n) is 7.28. The maximum absolute atomic E-state index is 13.3. The van der Waals surface area contributed by atoms with E-state index in [-0.39, 0.29) is 11.7 Å². The number of fused-ring (bicyclic) bond motifs is 1. The highest BCUT2D eigenvalue weighted by Crippen LogP contribution is 2.21. The van der Waals surface area contributed by atoms with Gasteiger partial charge in [-0.3, -0.25) is 4.79 Å². The van der Waals surface area contributed by atoms with E-state index in [9.17, 15) is 9.18 Å². The second-order valence-corrected chi connectivity index (χ2v) is 6.33. The van der Waals surface area contributed by atoms with E-state index in [1.807, 2.05) is 42.1 Å². The number of para-hydroxylation sites is 1. The van der Waals surface area contributed by atoms with E-state index in [0.717, 1.165) is 26.5 Å². The van der Waals surface area contributed by atoms with Crippen LogP contribution in [0.4, 0.5) is 4.39 Å². The minimum atomic E-state index is -0.313. The first kappa shape index (κ1) is 15.7. The van der Waals surface area contributed by atoms with Crippen LogP contribution in [0.25, 0.3) is 10.9 Å². The van der Waals surface area contributed by atoms with Gasteiger partial charge in [0.25, 0.3) is 0 Å². The zero-order valence-electron chi connectivity index (χ0n) is 12.6. The molecule has 0 unspecified atom stereocenters. The van der Waals surface area contributed by atoms with Crippen molar-refractivity contribution >= 4 is 32.7 Å². The second-order valence-electron chi connectivity index (χ2n) is 5.47. The lowest BCUT2D eigenvalue weighted by Crippen LogP contribution is -2.24. The Balaban J connectivity index is 1.70. The number of hydrogen-bond acceptors (Lipinski definition) is 1. The Bertz CT molecular complexity index is 873. The normalized spacial score (nSPS) is 10.9. The summed E-state index contributed by atoms with van der Waals surface area (Å²) < 4.78 is 16.1. The smallest absolute Gasteiger partial charge is 0.224 e. The second kappa shape index (κ2) is 6.54. The Kier molecular flexibility index (Phi) is 4.48. The molecule has 23 heavy (non-hydrogen) atoms. The van der Waals surface area contributed by atoms with E-state index >= 15 is 0 Å². The number of aromatic nitrogens is 1. The van der Waals surface area contributed by atoms with Crippen molar-refractivity contribution in [1.29, 1.82) is 0 Å². The van der Waals surface area contributed by atoms with Gasteiger partial charge in [-0.2, -0.15) is 0 Å².